The number of anilines is 2. The molecule has 3 aromatic rings. The summed E-state index contributed by atoms with van der Waals surface area (Å²) in [6, 6.07) is 16.5. The topological polar surface area (TPSA) is 90.5 Å². The first-order valence-electron chi connectivity index (χ1n) is 12.9. The molecule has 1 saturated carbocycles. The van der Waals surface area contributed by atoms with Gasteiger partial charge in [-0.2, -0.15) is 0 Å². The van der Waals surface area contributed by atoms with Crippen molar-refractivity contribution in [2.75, 3.05) is 37.4 Å². The average Bonchev–Trinajstić information content (AvgIpc) is 3.24. The summed E-state index contributed by atoms with van der Waals surface area (Å²) in [5.74, 6) is 0.705. The SMILES string of the molecule is CN(C)[C@]1(c2ccccc2)CC[C@]2(CC1)CN(c1cnc(-c3cccc4c3CC(=O)CN4)nc1)C(=O)N2. The van der Waals surface area contributed by atoms with Crippen molar-refractivity contribution < 1.29 is 9.59 Å². The molecule has 2 N–H and O–H groups in total. The van der Waals surface area contributed by atoms with Gasteiger partial charge in [0.15, 0.2) is 11.6 Å². The van der Waals surface area contributed by atoms with Crippen molar-refractivity contribution in [2.45, 2.75) is 43.2 Å². The number of amides is 2. The molecule has 1 spiro atoms. The summed E-state index contributed by atoms with van der Waals surface area (Å²) < 4.78 is 0. The number of aromatic nitrogens is 2. The van der Waals surface area contributed by atoms with Gasteiger partial charge in [0, 0.05) is 23.2 Å². The third-order valence-corrected chi connectivity index (χ3v) is 8.50. The van der Waals surface area contributed by atoms with Gasteiger partial charge >= 0.3 is 6.03 Å². The number of carbonyl (C=O) groups is 2. The summed E-state index contributed by atoms with van der Waals surface area (Å²) in [5, 5.41) is 6.48. The molecule has 0 unspecified atom stereocenters. The molecule has 2 aromatic carbocycles. The first kappa shape index (κ1) is 23.6. The number of hydrogen-bond donors (Lipinski definition) is 2. The summed E-state index contributed by atoms with van der Waals surface area (Å²) >= 11 is 0. The summed E-state index contributed by atoms with van der Waals surface area (Å²) in [6.07, 6.45) is 7.55. The van der Waals surface area contributed by atoms with Gasteiger partial charge < -0.3 is 10.6 Å². The molecular weight excluding hydrogens is 464 g/mol. The quantitative estimate of drug-likeness (QED) is 0.568. The Labute approximate surface area is 217 Å². The van der Waals surface area contributed by atoms with Crippen molar-refractivity contribution in [3.63, 3.8) is 0 Å². The number of ketones is 1. The molecular formula is C29H32N6O2. The molecule has 1 aromatic heterocycles. The number of hydrogen-bond acceptors (Lipinski definition) is 6. The van der Waals surface area contributed by atoms with Gasteiger partial charge in [-0.25, -0.2) is 14.8 Å². The average molecular weight is 497 g/mol. The third kappa shape index (κ3) is 4.05. The van der Waals surface area contributed by atoms with Crippen molar-refractivity contribution in [1.29, 1.82) is 0 Å². The Morgan fingerprint density at radius 2 is 1.65 bits per heavy atom. The highest BCUT2D eigenvalue weighted by molar-refractivity contribution is 5.95. The second kappa shape index (κ2) is 8.95. The maximum atomic E-state index is 13.1. The summed E-state index contributed by atoms with van der Waals surface area (Å²) in [6.45, 7) is 0.953. The van der Waals surface area contributed by atoms with E-state index in [0.717, 1.165) is 42.5 Å². The van der Waals surface area contributed by atoms with Crippen LogP contribution in [0.4, 0.5) is 16.2 Å². The van der Waals surface area contributed by atoms with Crippen LogP contribution in [-0.4, -0.2) is 59.4 Å². The summed E-state index contributed by atoms with van der Waals surface area (Å²) in [7, 11) is 4.30. The van der Waals surface area contributed by atoms with Gasteiger partial charge in [0.25, 0.3) is 0 Å². The van der Waals surface area contributed by atoms with E-state index in [9.17, 15) is 9.59 Å². The molecule has 3 heterocycles. The van der Waals surface area contributed by atoms with Crippen LogP contribution in [0, 0.1) is 0 Å². The van der Waals surface area contributed by atoms with E-state index in [1.54, 1.807) is 17.3 Å². The van der Waals surface area contributed by atoms with E-state index in [1.165, 1.54) is 5.56 Å². The number of nitrogens with zero attached hydrogens (tertiary/aromatic N) is 4. The van der Waals surface area contributed by atoms with E-state index in [1.807, 2.05) is 18.2 Å². The van der Waals surface area contributed by atoms with Crippen molar-refractivity contribution in [2.24, 2.45) is 0 Å². The van der Waals surface area contributed by atoms with Crippen LogP contribution >= 0.6 is 0 Å². The van der Waals surface area contributed by atoms with Crippen molar-refractivity contribution in [1.82, 2.24) is 20.2 Å². The Bertz CT molecular complexity index is 1330. The van der Waals surface area contributed by atoms with E-state index in [4.69, 9.17) is 0 Å². The molecule has 190 valence electrons. The Balaban J connectivity index is 1.20. The number of nitrogens with one attached hydrogen (secondary N) is 2. The van der Waals surface area contributed by atoms with E-state index in [0.29, 0.717) is 31.0 Å². The van der Waals surface area contributed by atoms with Crippen LogP contribution in [0.1, 0.15) is 36.8 Å². The number of Topliss-reactive ketones (excluding diaryl/α,β-unsaturated/α-hetero) is 1. The number of carbonyl (C=O) groups excluding carboxylic acids is 2. The van der Waals surface area contributed by atoms with Gasteiger partial charge in [-0.3, -0.25) is 14.6 Å². The van der Waals surface area contributed by atoms with Crippen LogP contribution in [0.5, 0.6) is 0 Å². The smallest absolute Gasteiger partial charge is 0.322 e. The Kier molecular flexibility index (Phi) is 5.71. The molecule has 0 atom stereocenters. The Morgan fingerprint density at radius 3 is 2.35 bits per heavy atom. The minimum Gasteiger partial charge on any atom is -0.378 e. The molecule has 0 radical (unpaired) electrons. The standard InChI is InChI=1S/C29H32N6O2/c1-34(2)29(20-7-4-3-5-8-20)13-11-28(12-14-29)19-35(27(37)33-28)21-16-31-26(32-17-21)23-9-6-10-25-24(23)15-22(36)18-30-25/h3-10,16-17,30H,11-15,18-19H2,1-2H3,(H,33,37)/t28-,29+. The molecule has 37 heavy (non-hydrogen) atoms. The number of rotatable bonds is 4. The van der Waals surface area contributed by atoms with Gasteiger partial charge in [0.05, 0.1) is 36.7 Å². The van der Waals surface area contributed by atoms with E-state index < -0.39 is 0 Å². The lowest BCUT2D eigenvalue weighted by Gasteiger charge is -2.48. The monoisotopic (exact) mass is 496 g/mol. The highest BCUT2D eigenvalue weighted by Gasteiger charge is 2.50. The minimum atomic E-state index is -0.255. The fourth-order valence-corrected chi connectivity index (χ4v) is 6.29. The molecule has 8 heteroatoms. The normalized spacial score (nSPS) is 25.2. The predicted molar refractivity (Wildman–Crippen MR) is 144 cm³/mol. The highest BCUT2D eigenvalue weighted by atomic mass is 16.2. The lowest BCUT2D eigenvalue weighted by atomic mass is 9.69. The van der Waals surface area contributed by atoms with E-state index >= 15 is 0 Å². The first-order chi connectivity index (χ1) is 17.9. The Morgan fingerprint density at radius 1 is 0.919 bits per heavy atom. The lowest BCUT2D eigenvalue weighted by Crippen LogP contribution is -2.54. The van der Waals surface area contributed by atoms with E-state index in [2.05, 4.69) is 69.9 Å². The number of benzene rings is 2. The number of fused-ring (bicyclic) bond motifs is 1. The molecule has 6 rings (SSSR count). The van der Waals surface area contributed by atoms with Gasteiger partial charge in [0.1, 0.15) is 0 Å². The van der Waals surface area contributed by atoms with Gasteiger partial charge in [-0.15, -0.1) is 0 Å². The van der Waals surface area contributed by atoms with Crippen LogP contribution < -0.4 is 15.5 Å². The maximum absolute atomic E-state index is 13.1. The third-order valence-electron chi connectivity index (χ3n) is 8.50. The zero-order valence-corrected chi connectivity index (χ0v) is 21.3. The van der Waals surface area contributed by atoms with Crippen molar-refractivity contribution in [3.8, 4) is 11.4 Å². The summed E-state index contributed by atoms with van der Waals surface area (Å²) in [5.41, 5.74) is 4.46. The molecule has 8 nitrogen and oxygen atoms in total. The zero-order chi connectivity index (χ0) is 25.6. The molecule has 0 bridgehead atoms. The molecule has 1 saturated heterocycles. The minimum absolute atomic E-state index is 0.0273. The second-order valence-corrected chi connectivity index (χ2v) is 10.8. The van der Waals surface area contributed by atoms with E-state index in [-0.39, 0.29) is 22.9 Å². The molecule has 2 amide bonds. The van der Waals surface area contributed by atoms with Crippen molar-refractivity contribution >= 4 is 23.2 Å². The zero-order valence-electron chi connectivity index (χ0n) is 21.3. The highest BCUT2D eigenvalue weighted by Crippen LogP contribution is 2.46. The summed E-state index contributed by atoms with van der Waals surface area (Å²) in [4.78, 5) is 38.4. The largest absolute Gasteiger partial charge is 0.378 e. The van der Waals surface area contributed by atoms with Crippen LogP contribution in [0.2, 0.25) is 0 Å². The van der Waals surface area contributed by atoms with Gasteiger partial charge in [-0.1, -0.05) is 42.5 Å². The van der Waals surface area contributed by atoms with Crippen LogP contribution in [-0.2, 0) is 16.8 Å². The molecule has 3 aliphatic rings. The maximum Gasteiger partial charge on any atom is 0.322 e. The molecule has 1 aliphatic carbocycles. The van der Waals surface area contributed by atoms with Crippen LogP contribution in [0.25, 0.3) is 11.4 Å². The van der Waals surface area contributed by atoms with Crippen molar-refractivity contribution in [3.05, 3.63) is 72.1 Å². The predicted octanol–water partition coefficient (Wildman–Crippen LogP) is 3.98. The second-order valence-electron chi connectivity index (χ2n) is 10.8. The van der Waals surface area contributed by atoms with Gasteiger partial charge in [0.2, 0.25) is 0 Å². The molecule has 2 fully saturated rings. The van der Waals surface area contributed by atoms with Crippen LogP contribution in [0.15, 0.2) is 60.9 Å². The van der Waals surface area contributed by atoms with Gasteiger partial charge in [-0.05, 0) is 57.0 Å². The Hall–Kier alpha value is -3.78. The first-order valence-corrected chi connectivity index (χ1v) is 12.9. The fourth-order valence-electron chi connectivity index (χ4n) is 6.29. The fraction of sp³-hybridized carbons (Fsp3) is 0.379. The number of urea groups is 1. The molecule has 2 aliphatic heterocycles. The lowest BCUT2D eigenvalue weighted by molar-refractivity contribution is -0.117. The van der Waals surface area contributed by atoms with Crippen LogP contribution in [0.3, 0.4) is 0 Å².